The van der Waals surface area contributed by atoms with Gasteiger partial charge in [-0.05, 0) is 36.4 Å². The fraction of sp³-hybridized carbons (Fsp3) is 0.111. The van der Waals surface area contributed by atoms with Gasteiger partial charge in [-0.3, -0.25) is 4.79 Å². The minimum absolute atomic E-state index is 0.109. The van der Waals surface area contributed by atoms with Crippen molar-refractivity contribution in [1.82, 2.24) is 9.78 Å². The van der Waals surface area contributed by atoms with Crippen LogP contribution in [0.1, 0.15) is 5.69 Å². The molecule has 0 radical (unpaired) electrons. The van der Waals surface area contributed by atoms with Gasteiger partial charge in [-0.1, -0.05) is 23.7 Å². The SMILES string of the molecule is O=C1COc2ccc(-c3cc(C(F)(F)F)nn3-c3ccccc3Cl)cc2N1. The first kappa shape index (κ1) is 17.4. The van der Waals surface area contributed by atoms with Crippen LogP contribution in [-0.2, 0) is 11.0 Å². The molecule has 2 aromatic carbocycles. The molecule has 3 aromatic rings. The summed E-state index contributed by atoms with van der Waals surface area (Å²) < 4.78 is 46.2. The number of anilines is 1. The van der Waals surface area contributed by atoms with Gasteiger partial charge >= 0.3 is 6.18 Å². The number of fused-ring (bicyclic) bond motifs is 1. The largest absolute Gasteiger partial charge is 0.482 e. The molecule has 0 fully saturated rings. The average Bonchev–Trinajstić information content (AvgIpc) is 3.07. The molecule has 0 spiro atoms. The fourth-order valence-electron chi connectivity index (χ4n) is 2.77. The highest BCUT2D eigenvalue weighted by Gasteiger charge is 2.35. The number of hydrogen-bond donors (Lipinski definition) is 1. The van der Waals surface area contributed by atoms with Crippen LogP contribution < -0.4 is 10.1 Å². The van der Waals surface area contributed by atoms with Gasteiger partial charge in [0.2, 0.25) is 0 Å². The number of rotatable bonds is 2. The van der Waals surface area contributed by atoms with Crippen LogP contribution in [0, 0.1) is 0 Å². The normalized spacial score (nSPS) is 13.7. The van der Waals surface area contributed by atoms with E-state index in [0.29, 0.717) is 22.7 Å². The lowest BCUT2D eigenvalue weighted by molar-refractivity contribution is -0.141. The van der Waals surface area contributed by atoms with Gasteiger partial charge in [-0.25, -0.2) is 4.68 Å². The van der Waals surface area contributed by atoms with Crippen LogP contribution in [0.5, 0.6) is 5.75 Å². The number of amides is 1. The van der Waals surface area contributed by atoms with Crippen molar-refractivity contribution in [2.45, 2.75) is 6.18 Å². The molecule has 0 aliphatic carbocycles. The van der Waals surface area contributed by atoms with E-state index in [0.717, 1.165) is 10.7 Å². The maximum absolute atomic E-state index is 13.3. The van der Waals surface area contributed by atoms with Gasteiger partial charge in [0.25, 0.3) is 5.91 Å². The van der Waals surface area contributed by atoms with Gasteiger partial charge in [-0.15, -0.1) is 0 Å². The summed E-state index contributed by atoms with van der Waals surface area (Å²) in [6.07, 6.45) is -4.62. The van der Waals surface area contributed by atoms with E-state index in [1.165, 1.54) is 6.07 Å². The summed E-state index contributed by atoms with van der Waals surface area (Å²) >= 11 is 6.16. The third kappa shape index (κ3) is 3.23. The molecule has 9 heteroatoms. The van der Waals surface area contributed by atoms with E-state index in [1.807, 2.05) is 0 Å². The average molecular weight is 394 g/mol. The van der Waals surface area contributed by atoms with Crippen molar-refractivity contribution in [3.8, 4) is 22.7 Å². The molecule has 0 atom stereocenters. The maximum Gasteiger partial charge on any atom is 0.435 e. The van der Waals surface area contributed by atoms with Crippen molar-refractivity contribution in [3.63, 3.8) is 0 Å². The third-order valence-corrected chi connectivity index (χ3v) is 4.31. The highest BCUT2D eigenvalue weighted by Crippen LogP contribution is 2.37. The van der Waals surface area contributed by atoms with Crippen LogP contribution >= 0.6 is 11.6 Å². The van der Waals surface area contributed by atoms with Crippen LogP contribution in [0.4, 0.5) is 18.9 Å². The Kier molecular flexibility index (Phi) is 4.07. The summed E-state index contributed by atoms with van der Waals surface area (Å²) in [7, 11) is 0. The Morgan fingerprint density at radius 3 is 2.67 bits per heavy atom. The van der Waals surface area contributed by atoms with E-state index in [1.54, 1.807) is 36.4 Å². The van der Waals surface area contributed by atoms with E-state index < -0.39 is 11.9 Å². The molecule has 1 aliphatic heterocycles. The van der Waals surface area contributed by atoms with Crippen LogP contribution in [0.2, 0.25) is 5.02 Å². The van der Waals surface area contributed by atoms with Crippen molar-refractivity contribution < 1.29 is 22.7 Å². The van der Waals surface area contributed by atoms with Gasteiger partial charge in [0, 0.05) is 5.56 Å². The molecule has 27 heavy (non-hydrogen) atoms. The summed E-state index contributed by atoms with van der Waals surface area (Å²) in [4.78, 5) is 11.5. The summed E-state index contributed by atoms with van der Waals surface area (Å²) in [5.41, 5.74) is 0.239. The van der Waals surface area contributed by atoms with E-state index in [9.17, 15) is 18.0 Å². The number of nitrogens with one attached hydrogen (secondary N) is 1. The van der Waals surface area contributed by atoms with Crippen molar-refractivity contribution in [3.05, 3.63) is 59.2 Å². The number of para-hydroxylation sites is 1. The first-order valence-corrected chi connectivity index (χ1v) is 8.20. The first-order valence-electron chi connectivity index (χ1n) is 7.82. The highest BCUT2D eigenvalue weighted by atomic mass is 35.5. The predicted octanol–water partition coefficient (Wildman–Crippen LogP) is 4.54. The molecule has 1 aromatic heterocycles. The monoisotopic (exact) mass is 393 g/mol. The summed E-state index contributed by atoms with van der Waals surface area (Å²) in [5, 5.41) is 6.60. The van der Waals surface area contributed by atoms with E-state index in [-0.39, 0.29) is 23.2 Å². The second-order valence-electron chi connectivity index (χ2n) is 5.82. The zero-order valence-electron chi connectivity index (χ0n) is 13.5. The standard InChI is InChI=1S/C18H11ClF3N3O2/c19-11-3-1-2-4-13(11)25-14(8-16(24-25)18(20,21)22)10-5-6-15-12(7-10)23-17(26)9-27-15/h1-8H,9H2,(H,23,26). The summed E-state index contributed by atoms with van der Waals surface area (Å²) in [6.45, 7) is -0.109. The Bertz CT molecular complexity index is 1050. The fourth-order valence-corrected chi connectivity index (χ4v) is 2.99. The Labute approximate surface area is 156 Å². The van der Waals surface area contributed by atoms with Gasteiger partial charge in [0.05, 0.1) is 22.1 Å². The summed E-state index contributed by atoms with van der Waals surface area (Å²) in [5.74, 6) is 0.105. The Morgan fingerprint density at radius 1 is 1.15 bits per heavy atom. The lowest BCUT2D eigenvalue weighted by Crippen LogP contribution is -2.25. The third-order valence-electron chi connectivity index (χ3n) is 3.99. The molecular formula is C18H11ClF3N3O2. The molecule has 0 unspecified atom stereocenters. The van der Waals surface area contributed by atoms with Crippen LogP contribution in [0.15, 0.2) is 48.5 Å². The van der Waals surface area contributed by atoms with Gasteiger partial charge in [0.15, 0.2) is 12.3 Å². The Hall–Kier alpha value is -3.00. The minimum atomic E-state index is -4.62. The molecule has 1 aliphatic rings. The second kappa shape index (κ2) is 6.31. The topological polar surface area (TPSA) is 56.1 Å². The minimum Gasteiger partial charge on any atom is -0.482 e. The lowest BCUT2D eigenvalue weighted by atomic mass is 10.1. The van der Waals surface area contributed by atoms with Gasteiger partial charge < -0.3 is 10.1 Å². The number of aromatic nitrogens is 2. The Morgan fingerprint density at radius 2 is 1.93 bits per heavy atom. The smallest absolute Gasteiger partial charge is 0.435 e. The summed E-state index contributed by atoms with van der Waals surface area (Å²) in [6, 6.07) is 12.1. The first-order chi connectivity index (χ1) is 12.8. The lowest BCUT2D eigenvalue weighted by Gasteiger charge is -2.18. The Balaban J connectivity index is 1.90. The molecule has 138 valence electrons. The number of benzene rings is 2. The molecule has 0 bridgehead atoms. The van der Waals surface area contributed by atoms with E-state index in [2.05, 4.69) is 10.4 Å². The molecule has 1 N–H and O–H groups in total. The highest BCUT2D eigenvalue weighted by molar-refractivity contribution is 6.32. The van der Waals surface area contributed by atoms with Gasteiger partial charge in [0.1, 0.15) is 5.75 Å². The number of hydrogen-bond acceptors (Lipinski definition) is 3. The number of carbonyl (C=O) groups is 1. The molecular weight excluding hydrogens is 383 g/mol. The van der Waals surface area contributed by atoms with Crippen molar-refractivity contribution in [1.29, 1.82) is 0 Å². The number of halogens is 4. The second-order valence-corrected chi connectivity index (χ2v) is 6.23. The predicted molar refractivity (Wildman–Crippen MR) is 93.1 cm³/mol. The van der Waals surface area contributed by atoms with E-state index >= 15 is 0 Å². The number of nitrogens with zero attached hydrogens (tertiary/aromatic N) is 2. The molecule has 0 saturated heterocycles. The zero-order valence-corrected chi connectivity index (χ0v) is 14.3. The molecule has 0 saturated carbocycles. The van der Waals surface area contributed by atoms with Crippen LogP contribution in [0.3, 0.4) is 0 Å². The van der Waals surface area contributed by atoms with Crippen molar-refractivity contribution in [2.75, 3.05) is 11.9 Å². The molecule has 5 nitrogen and oxygen atoms in total. The number of carbonyl (C=O) groups excluding carboxylic acids is 1. The van der Waals surface area contributed by atoms with Crippen LogP contribution in [0.25, 0.3) is 16.9 Å². The number of ether oxygens (including phenoxy) is 1. The molecule has 1 amide bonds. The van der Waals surface area contributed by atoms with Crippen molar-refractivity contribution >= 4 is 23.2 Å². The zero-order chi connectivity index (χ0) is 19.2. The molecule has 2 heterocycles. The maximum atomic E-state index is 13.3. The van der Waals surface area contributed by atoms with Gasteiger partial charge in [-0.2, -0.15) is 18.3 Å². The number of alkyl halides is 3. The van der Waals surface area contributed by atoms with Crippen molar-refractivity contribution in [2.24, 2.45) is 0 Å². The molecule has 4 rings (SSSR count). The quantitative estimate of drug-likeness (QED) is 0.695. The van der Waals surface area contributed by atoms with E-state index in [4.69, 9.17) is 16.3 Å². The van der Waals surface area contributed by atoms with Crippen LogP contribution in [-0.4, -0.2) is 22.3 Å².